The first kappa shape index (κ1) is 18.9. The fraction of sp³-hybridized carbons (Fsp3) is 0.333. The zero-order valence-corrected chi connectivity index (χ0v) is 15.9. The van der Waals surface area contributed by atoms with Gasteiger partial charge < -0.3 is 14.7 Å². The molecule has 1 heterocycles. The van der Waals surface area contributed by atoms with Crippen LogP contribution in [0.2, 0.25) is 0 Å². The van der Waals surface area contributed by atoms with Crippen molar-refractivity contribution < 1.29 is 14.0 Å². The number of benzene rings is 2. The second-order valence-corrected chi connectivity index (χ2v) is 6.94. The van der Waals surface area contributed by atoms with Gasteiger partial charge in [-0.2, -0.15) is 0 Å². The molecule has 27 heavy (non-hydrogen) atoms. The highest BCUT2D eigenvalue weighted by molar-refractivity contribution is 5.95. The molecule has 0 radical (unpaired) electrons. The standard InChI is InChI=1S/C21H24FN3O2/c1-15(26)17-6-9-20(19(22)14-17)24-10-12-25(13-11-24)21(27)16-4-7-18(8-5-16)23(2)3/h4-9,14H,10-13H2,1-3H3. The fourth-order valence-corrected chi connectivity index (χ4v) is 3.22. The van der Waals surface area contributed by atoms with E-state index >= 15 is 0 Å². The average molecular weight is 369 g/mol. The smallest absolute Gasteiger partial charge is 0.253 e. The Hall–Kier alpha value is -2.89. The summed E-state index contributed by atoms with van der Waals surface area (Å²) in [5, 5.41) is 0. The molecule has 6 heteroatoms. The molecule has 1 saturated heterocycles. The van der Waals surface area contributed by atoms with Gasteiger partial charge in [0.25, 0.3) is 5.91 Å². The van der Waals surface area contributed by atoms with Crippen molar-refractivity contribution in [2.45, 2.75) is 6.92 Å². The number of halogens is 1. The molecular weight excluding hydrogens is 345 g/mol. The molecule has 0 saturated carbocycles. The van der Waals surface area contributed by atoms with E-state index in [4.69, 9.17) is 0 Å². The summed E-state index contributed by atoms with van der Waals surface area (Å²) in [6, 6.07) is 12.1. The topological polar surface area (TPSA) is 43.9 Å². The van der Waals surface area contributed by atoms with E-state index in [1.807, 2.05) is 48.2 Å². The van der Waals surface area contributed by atoms with Crippen LogP contribution in [-0.4, -0.2) is 56.9 Å². The molecule has 1 aliphatic heterocycles. The van der Waals surface area contributed by atoms with Gasteiger partial charge in [0.1, 0.15) is 5.82 Å². The van der Waals surface area contributed by atoms with Crippen molar-refractivity contribution in [2.24, 2.45) is 0 Å². The number of hydrogen-bond acceptors (Lipinski definition) is 4. The Balaban J connectivity index is 1.64. The van der Waals surface area contributed by atoms with E-state index in [1.165, 1.54) is 13.0 Å². The van der Waals surface area contributed by atoms with Crippen LogP contribution in [0.5, 0.6) is 0 Å². The number of anilines is 2. The van der Waals surface area contributed by atoms with Crippen LogP contribution in [0.1, 0.15) is 27.6 Å². The summed E-state index contributed by atoms with van der Waals surface area (Å²) in [6.45, 7) is 3.59. The zero-order chi connectivity index (χ0) is 19.6. The largest absolute Gasteiger partial charge is 0.378 e. The number of carbonyl (C=O) groups is 2. The van der Waals surface area contributed by atoms with Crippen molar-refractivity contribution in [2.75, 3.05) is 50.1 Å². The van der Waals surface area contributed by atoms with E-state index in [2.05, 4.69) is 0 Å². The van der Waals surface area contributed by atoms with Gasteiger partial charge in [0, 0.05) is 57.1 Å². The van der Waals surface area contributed by atoms with E-state index in [0.717, 1.165) is 5.69 Å². The van der Waals surface area contributed by atoms with E-state index in [-0.39, 0.29) is 11.7 Å². The lowest BCUT2D eigenvalue weighted by Crippen LogP contribution is -2.49. The molecule has 0 aromatic heterocycles. The molecule has 5 nitrogen and oxygen atoms in total. The van der Waals surface area contributed by atoms with E-state index < -0.39 is 5.82 Å². The predicted octanol–water partition coefficient (Wildman–Crippen LogP) is 3.06. The van der Waals surface area contributed by atoms with Crippen LogP contribution in [0.15, 0.2) is 42.5 Å². The van der Waals surface area contributed by atoms with Crippen molar-refractivity contribution in [3.05, 3.63) is 59.4 Å². The summed E-state index contributed by atoms with van der Waals surface area (Å²) in [4.78, 5) is 29.8. The average Bonchev–Trinajstić information content (AvgIpc) is 2.67. The maximum Gasteiger partial charge on any atom is 0.253 e. The van der Waals surface area contributed by atoms with Crippen LogP contribution >= 0.6 is 0 Å². The number of nitrogens with zero attached hydrogens (tertiary/aromatic N) is 3. The van der Waals surface area contributed by atoms with Gasteiger partial charge in [-0.05, 0) is 49.4 Å². The normalized spacial score (nSPS) is 14.2. The third-order valence-electron chi connectivity index (χ3n) is 4.89. The number of piperazine rings is 1. The van der Waals surface area contributed by atoms with Crippen LogP contribution in [0.3, 0.4) is 0 Å². The summed E-state index contributed by atoms with van der Waals surface area (Å²) in [6.07, 6.45) is 0. The molecule has 1 fully saturated rings. The van der Waals surface area contributed by atoms with Crippen LogP contribution in [-0.2, 0) is 0 Å². The van der Waals surface area contributed by atoms with Crippen molar-refractivity contribution >= 4 is 23.1 Å². The second-order valence-electron chi connectivity index (χ2n) is 6.94. The first-order valence-electron chi connectivity index (χ1n) is 8.99. The highest BCUT2D eigenvalue weighted by atomic mass is 19.1. The minimum Gasteiger partial charge on any atom is -0.378 e. The van der Waals surface area contributed by atoms with Gasteiger partial charge in [0.05, 0.1) is 5.69 Å². The molecule has 0 bridgehead atoms. The van der Waals surface area contributed by atoms with Crippen molar-refractivity contribution in [1.29, 1.82) is 0 Å². The van der Waals surface area contributed by atoms with Gasteiger partial charge in [0.2, 0.25) is 0 Å². The third kappa shape index (κ3) is 4.10. The number of amides is 1. The number of rotatable bonds is 4. The van der Waals surface area contributed by atoms with Gasteiger partial charge in [-0.1, -0.05) is 0 Å². The Labute approximate surface area is 159 Å². The Morgan fingerprint density at radius 1 is 0.926 bits per heavy atom. The first-order valence-corrected chi connectivity index (χ1v) is 8.99. The SMILES string of the molecule is CC(=O)c1ccc(N2CCN(C(=O)c3ccc(N(C)C)cc3)CC2)c(F)c1. The van der Waals surface area contributed by atoms with Crippen molar-refractivity contribution in [3.63, 3.8) is 0 Å². The number of ketones is 1. The van der Waals surface area contributed by atoms with Crippen LogP contribution in [0.4, 0.5) is 15.8 Å². The molecule has 0 aliphatic carbocycles. The molecule has 3 rings (SSSR count). The summed E-state index contributed by atoms with van der Waals surface area (Å²) in [7, 11) is 3.91. The maximum absolute atomic E-state index is 14.3. The molecule has 2 aromatic rings. The maximum atomic E-state index is 14.3. The van der Waals surface area contributed by atoms with Gasteiger partial charge in [-0.25, -0.2) is 4.39 Å². The van der Waals surface area contributed by atoms with Crippen molar-refractivity contribution in [3.8, 4) is 0 Å². The molecule has 1 aliphatic rings. The molecule has 142 valence electrons. The number of carbonyl (C=O) groups excluding carboxylic acids is 2. The summed E-state index contributed by atoms with van der Waals surface area (Å²) in [5.74, 6) is -0.565. The molecule has 0 spiro atoms. The van der Waals surface area contributed by atoms with Gasteiger partial charge in [-0.3, -0.25) is 9.59 Å². The minimum absolute atomic E-state index is 0.00708. The van der Waals surface area contributed by atoms with Gasteiger partial charge in [-0.15, -0.1) is 0 Å². The zero-order valence-electron chi connectivity index (χ0n) is 15.9. The third-order valence-corrected chi connectivity index (χ3v) is 4.89. The molecule has 2 aromatic carbocycles. The lowest BCUT2D eigenvalue weighted by atomic mass is 10.1. The summed E-state index contributed by atoms with van der Waals surface area (Å²) in [5.41, 5.74) is 2.54. The highest BCUT2D eigenvalue weighted by Gasteiger charge is 2.24. The Bertz CT molecular complexity index is 841. The van der Waals surface area contributed by atoms with Gasteiger partial charge in [0.15, 0.2) is 5.78 Å². The van der Waals surface area contributed by atoms with Crippen LogP contribution in [0.25, 0.3) is 0 Å². The summed E-state index contributed by atoms with van der Waals surface area (Å²) < 4.78 is 14.3. The Morgan fingerprint density at radius 3 is 2.04 bits per heavy atom. The first-order chi connectivity index (χ1) is 12.9. The van der Waals surface area contributed by atoms with Gasteiger partial charge >= 0.3 is 0 Å². The molecule has 0 unspecified atom stereocenters. The predicted molar refractivity (Wildman–Crippen MR) is 105 cm³/mol. The lowest BCUT2D eigenvalue weighted by Gasteiger charge is -2.36. The molecule has 1 amide bonds. The number of hydrogen-bond donors (Lipinski definition) is 0. The Morgan fingerprint density at radius 2 is 1.52 bits per heavy atom. The van der Waals surface area contributed by atoms with Crippen LogP contribution < -0.4 is 9.80 Å². The van der Waals surface area contributed by atoms with Crippen LogP contribution in [0, 0.1) is 5.82 Å². The lowest BCUT2D eigenvalue weighted by molar-refractivity contribution is 0.0746. The van der Waals surface area contributed by atoms with E-state index in [1.54, 1.807) is 17.0 Å². The number of Topliss-reactive ketones (excluding diaryl/α,β-unsaturated/α-hetero) is 1. The minimum atomic E-state index is -0.401. The second kappa shape index (κ2) is 7.78. The molecular formula is C21H24FN3O2. The van der Waals surface area contributed by atoms with E-state index in [0.29, 0.717) is 43.0 Å². The molecule has 0 N–H and O–H groups in total. The summed E-state index contributed by atoms with van der Waals surface area (Å²) >= 11 is 0. The molecule has 0 atom stereocenters. The fourth-order valence-electron chi connectivity index (χ4n) is 3.22. The Kier molecular flexibility index (Phi) is 5.44. The monoisotopic (exact) mass is 369 g/mol. The van der Waals surface area contributed by atoms with Crippen molar-refractivity contribution in [1.82, 2.24) is 4.90 Å². The quantitative estimate of drug-likeness (QED) is 0.777. The highest BCUT2D eigenvalue weighted by Crippen LogP contribution is 2.23. The van der Waals surface area contributed by atoms with E-state index in [9.17, 15) is 14.0 Å².